The third-order valence-electron chi connectivity index (χ3n) is 5.58. The number of carboxylic acids is 2. The number of carbonyl (C=O) groups is 3. The van der Waals surface area contributed by atoms with E-state index in [1.54, 1.807) is 12.1 Å². The molecule has 2 aromatic carbocycles. The normalized spacial score (nSPS) is 31.1. The maximum atomic E-state index is 12.3. The van der Waals surface area contributed by atoms with E-state index >= 15 is 0 Å². The maximum absolute atomic E-state index is 12.3. The molecule has 0 bridgehead atoms. The number of aliphatic carboxylic acids is 2. The van der Waals surface area contributed by atoms with Crippen LogP contribution in [0.5, 0.6) is 0 Å². The molecule has 2 aromatic rings. The molecule has 8 nitrogen and oxygen atoms in total. The number of nitrogens with two attached hydrogens (primary N) is 1. The summed E-state index contributed by atoms with van der Waals surface area (Å²) in [5.41, 5.74) is 4.75. The molecule has 2 fully saturated rings. The largest absolute Gasteiger partial charge is 0.481 e. The van der Waals surface area contributed by atoms with Crippen LogP contribution in [-0.2, 0) is 14.3 Å². The van der Waals surface area contributed by atoms with Gasteiger partial charge in [-0.1, -0.05) is 30.3 Å². The first kappa shape index (κ1) is 17.3. The lowest BCUT2D eigenvalue weighted by Crippen LogP contribution is -2.51. The summed E-state index contributed by atoms with van der Waals surface area (Å²) >= 11 is 0. The summed E-state index contributed by atoms with van der Waals surface area (Å²) in [5, 5.41) is 23.2. The zero-order valence-corrected chi connectivity index (χ0v) is 14.2. The summed E-state index contributed by atoms with van der Waals surface area (Å²) < 4.78 is 5.35. The predicted molar refractivity (Wildman–Crippen MR) is 95.1 cm³/mol. The molecule has 0 saturated heterocycles. The number of ether oxygens (including phenoxy) is 1. The first-order valence-electron chi connectivity index (χ1n) is 8.53. The van der Waals surface area contributed by atoms with Gasteiger partial charge in [-0.2, -0.15) is 0 Å². The van der Waals surface area contributed by atoms with E-state index in [1.807, 2.05) is 30.3 Å². The zero-order valence-electron chi connectivity index (χ0n) is 14.2. The molecule has 0 aliphatic heterocycles. The molecule has 2 aliphatic rings. The van der Waals surface area contributed by atoms with Crippen LogP contribution in [0.4, 0.5) is 10.5 Å². The van der Waals surface area contributed by atoms with E-state index in [4.69, 9.17) is 10.5 Å². The monoisotopic (exact) mass is 370 g/mol. The molecule has 8 heteroatoms. The van der Waals surface area contributed by atoms with Crippen molar-refractivity contribution < 1.29 is 29.3 Å². The Labute approximate surface area is 153 Å². The van der Waals surface area contributed by atoms with E-state index in [0.717, 1.165) is 10.8 Å². The van der Waals surface area contributed by atoms with Gasteiger partial charge in [0, 0.05) is 23.9 Å². The molecule has 2 saturated carbocycles. The molecule has 140 valence electrons. The number of amides is 1. The molecule has 27 heavy (non-hydrogen) atoms. The van der Waals surface area contributed by atoms with E-state index in [-0.39, 0.29) is 6.42 Å². The van der Waals surface area contributed by atoms with Gasteiger partial charge in [-0.15, -0.1) is 0 Å². The molecule has 2 aliphatic carbocycles. The van der Waals surface area contributed by atoms with Crippen LogP contribution in [0.3, 0.4) is 0 Å². The molecule has 4 rings (SSSR count). The molecule has 1 amide bonds. The Morgan fingerprint density at radius 1 is 1.11 bits per heavy atom. The lowest BCUT2D eigenvalue weighted by atomic mass is 9.91. The van der Waals surface area contributed by atoms with Crippen molar-refractivity contribution in [1.29, 1.82) is 0 Å². The van der Waals surface area contributed by atoms with Gasteiger partial charge in [0.25, 0.3) is 0 Å². The minimum absolute atomic E-state index is 0.105. The van der Waals surface area contributed by atoms with Gasteiger partial charge in [0.15, 0.2) is 0 Å². The second kappa shape index (κ2) is 5.95. The number of benzene rings is 2. The Bertz CT molecular complexity index is 960. The Hall–Kier alpha value is -3.13. The maximum Gasteiger partial charge on any atom is 0.411 e. The highest BCUT2D eigenvalue weighted by Gasteiger charge is 2.75. The molecule has 0 spiro atoms. The van der Waals surface area contributed by atoms with Gasteiger partial charge in [-0.05, 0) is 22.9 Å². The average molecular weight is 370 g/mol. The van der Waals surface area contributed by atoms with Crippen molar-refractivity contribution in [2.24, 2.45) is 23.5 Å². The third kappa shape index (κ3) is 2.78. The fourth-order valence-electron chi connectivity index (χ4n) is 4.29. The van der Waals surface area contributed by atoms with Crippen LogP contribution in [0.2, 0.25) is 0 Å². The first-order valence-corrected chi connectivity index (χ1v) is 8.53. The van der Waals surface area contributed by atoms with E-state index in [9.17, 15) is 24.6 Å². The molecule has 5 atom stereocenters. The van der Waals surface area contributed by atoms with Crippen LogP contribution in [-0.4, -0.2) is 39.9 Å². The van der Waals surface area contributed by atoms with Crippen LogP contribution in [0.1, 0.15) is 6.42 Å². The van der Waals surface area contributed by atoms with Crippen molar-refractivity contribution in [2.45, 2.75) is 18.1 Å². The van der Waals surface area contributed by atoms with Gasteiger partial charge in [0.2, 0.25) is 0 Å². The van der Waals surface area contributed by atoms with E-state index in [1.165, 1.54) is 0 Å². The number of fused-ring (bicyclic) bond motifs is 2. The summed E-state index contributed by atoms with van der Waals surface area (Å²) in [4.78, 5) is 35.1. The Morgan fingerprint density at radius 2 is 1.81 bits per heavy atom. The highest BCUT2D eigenvalue weighted by atomic mass is 16.6. The smallest absolute Gasteiger partial charge is 0.411 e. The Balaban J connectivity index is 1.47. The molecule has 4 unspecified atom stereocenters. The quantitative estimate of drug-likeness (QED) is 0.644. The SMILES string of the molecule is NC1(C(=O)O)CC(OC(=O)Nc2ccc3ccccc3c2)C2C1[C@H]2C(=O)O. The molecular weight excluding hydrogens is 352 g/mol. The second-order valence-corrected chi connectivity index (χ2v) is 7.15. The predicted octanol–water partition coefficient (Wildman–Crippen LogP) is 1.89. The van der Waals surface area contributed by atoms with E-state index < -0.39 is 47.4 Å². The van der Waals surface area contributed by atoms with Crippen LogP contribution in [0, 0.1) is 17.8 Å². The van der Waals surface area contributed by atoms with Gasteiger partial charge in [-0.3, -0.25) is 14.9 Å². The third-order valence-corrected chi connectivity index (χ3v) is 5.58. The van der Waals surface area contributed by atoms with Crippen LogP contribution < -0.4 is 11.1 Å². The number of rotatable bonds is 4. The van der Waals surface area contributed by atoms with Crippen molar-refractivity contribution in [3.63, 3.8) is 0 Å². The fourth-order valence-corrected chi connectivity index (χ4v) is 4.29. The zero-order chi connectivity index (χ0) is 19.3. The molecule has 5 N–H and O–H groups in total. The van der Waals surface area contributed by atoms with E-state index in [0.29, 0.717) is 5.69 Å². The van der Waals surface area contributed by atoms with Gasteiger partial charge in [-0.25, -0.2) is 4.79 Å². The highest BCUT2D eigenvalue weighted by molar-refractivity contribution is 5.91. The first-order chi connectivity index (χ1) is 12.8. The molecule has 0 aromatic heterocycles. The number of anilines is 1. The number of hydrogen-bond donors (Lipinski definition) is 4. The summed E-state index contributed by atoms with van der Waals surface area (Å²) in [7, 11) is 0. The molecular formula is C19H18N2O6. The van der Waals surface area contributed by atoms with Crippen LogP contribution in [0.25, 0.3) is 10.8 Å². The minimum atomic E-state index is -1.69. The van der Waals surface area contributed by atoms with Gasteiger partial charge >= 0.3 is 18.0 Å². The van der Waals surface area contributed by atoms with Crippen molar-refractivity contribution in [3.05, 3.63) is 42.5 Å². The molecule has 0 radical (unpaired) electrons. The summed E-state index contributed by atoms with van der Waals surface area (Å²) in [5.74, 6) is -4.61. The van der Waals surface area contributed by atoms with Crippen molar-refractivity contribution in [3.8, 4) is 0 Å². The summed E-state index contributed by atoms with van der Waals surface area (Å²) in [6.07, 6.45) is -1.72. The highest BCUT2D eigenvalue weighted by Crippen LogP contribution is 2.62. The lowest BCUT2D eigenvalue weighted by Gasteiger charge is -2.24. The summed E-state index contributed by atoms with van der Waals surface area (Å²) in [6.45, 7) is 0. The second-order valence-electron chi connectivity index (χ2n) is 7.15. The fraction of sp³-hybridized carbons (Fsp3) is 0.316. The topological polar surface area (TPSA) is 139 Å². The van der Waals surface area contributed by atoms with Crippen LogP contribution >= 0.6 is 0 Å². The van der Waals surface area contributed by atoms with Crippen molar-refractivity contribution in [2.75, 3.05) is 5.32 Å². The van der Waals surface area contributed by atoms with Gasteiger partial charge < -0.3 is 20.7 Å². The Morgan fingerprint density at radius 3 is 2.48 bits per heavy atom. The van der Waals surface area contributed by atoms with E-state index in [2.05, 4.69) is 5.32 Å². The lowest BCUT2D eigenvalue weighted by molar-refractivity contribution is -0.146. The number of nitrogens with one attached hydrogen (secondary N) is 1. The van der Waals surface area contributed by atoms with Gasteiger partial charge in [0.05, 0.1) is 5.92 Å². The van der Waals surface area contributed by atoms with Gasteiger partial charge in [0.1, 0.15) is 11.6 Å². The number of carboxylic acid groups (broad SMARTS) is 2. The number of hydrogen-bond acceptors (Lipinski definition) is 5. The Kier molecular flexibility index (Phi) is 3.81. The summed E-state index contributed by atoms with van der Waals surface area (Å²) in [6, 6.07) is 13.0. The number of carbonyl (C=O) groups excluding carboxylic acids is 1. The van der Waals surface area contributed by atoms with Crippen molar-refractivity contribution in [1.82, 2.24) is 0 Å². The van der Waals surface area contributed by atoms with Crippen molar-refractivity contribution >= 4 is 34.5 Å². The minimum Gasteiger partial charge on any atom is -0.481 e. The average Bonchev–Trinajstić information content (AvgIpc) is 3.31. The standard InChI is InChI=1S/C19H18N2O6/c20-19(17(24)25)8-12(13-14(15(13)19)16(22)23)27-18(26)21-11-6-5-9-3-1-2-4-10(9)7-11/h1-7,12-15H,8,20H2,(H,21,26)(H,22,23)(H,24,25)/t12?,13?,14-,15?,19?/m0/s1. The molecule has 0 heterocycles. The van der Waals surface area contributed by atoms with Crippen LogP contribution in [0.15, 0.2) is 42.5 Å².